The van der Waals surface area contributed by atoms with Gasteiger partial charge in [-0.3, -0.25) is 9.59 Å². The molecule has 5 heteroatoms. The Kier molecular flexibility index (Phi) is 3.38. The third-order valence-electron chi connectivity index (χ3n) is 3.18. The third kappa shape index (κ3) is 2.52. The van der Waals surface area contributed by atoms with Crippen LogP contribution in [0.15, 0.2) is 24.1 Å². The molecule has 0 aromatic rings. The van der Waals surface area contributed by atoms with Crippen molar-refractivity contribution in [2.45, 2.75) is 32.2 Å². The number of ketones is 2. The van der Waals surface area contributed by atoms with E-state index in [-0.39, 0.29) is 18.0 Å². The lowest BCUT2D eigenvalue weighted by Crippen LogP contribution is -2.47. The van der Waals surface area contributed by atoms with E-state index in [1.165, 1.54) is 18.2 Å². The highest BCUT2D eigenvalue weighted by Gasteiger charge is 2.45. The Hall–Kier alpha value is -1.07. The topological polar surface area (TPSA) is 43.4 Å². The van der Waals surface area contributed by atoms with Crippen LogP contribution in [0, 0.1) is 11.8 Å². The van der Waals surface area contributed by atoms with Crippen LogP contribution in [0.4, 0.5) is 4.39 Å². The van der Waals surface area contributed by atoms with Crippen LogP contribution in [0.1, 0.15) is 6.42 Å². The van der Waals surface area contributed by atoms with Crippen molar-refractivity contribution in [2.24, 2.45) is 11.8 Å². The molecule has 0 aliphatic heterocycles. The average Bonchev–Trinajstić information content (AvgIpc) is 2.25. The van der Waals surface area contributed by atoms with Gasteiger partial charge in [0.2, 0.25) is 0 Å². The van der Waals surface area contributed by atoms with E-state index in [0.717, 1.165) is 0 Å². The minimum absolute atomic E-state index is 0.104. The molecule has 0 aromatic heterocycles. The van der Waals surface area contributed by atoms with Crippen LogP contribution in [-0.4, -0.2) is 26.0 Å². The van der Waals surface area contributed by atoms with Crippen molar-refractivity contribution in [1.82, 2.24) is 0 Å². The van der Waals surface area contributed by atoms with Crippen LogP contribution in [0.2, 0.25) is 19.6 Å². The Labute approximate surface area is 107 Å². The second-order valence-corrected chi connectivity index (χ2v) is 10.2. The Balaban J connectivity index is 2.34. The van der Waals surface area contributed by atoms with Crippen molar-refractivity contribution in [3.63, 3.8) is 0 Å². The number of carbonyl (C=O) groups is 2. The van der Waals surface area contributed by atoms with E-state index >= 15 is 0 Å². The van der Waals surface area contributed by atoms with Gasteiger partial charge in [-0.05, 0) is 44.3 Å². The standard InChI is InChI=1S/C13H17FO3Si/c1-18(2,3)17-13-9(14)5-4-8-10(15)6-7-11(16)12(8)13/h5-8,12-13H,4H2,1-3H3/t8-,12-,13-/m1/s1. The number of rotatable bonds is 2. The summed E-state index contributed by atoms with van der Waals surface area (Å²) in [5, 5.41) is 0. The van der Waals surface area contributed by atoms with Crippen molar-refractivity contribution in [1.29, 1.82) is 0 Å². The first kappa shape index (κ1) is 13.4. The van der Waals surface area contributed by atoms with Gasteiger partial charge in [-0.2, -0.15) is 0 Å². The van der Waals surface area contributed by atoms with E-state index < -0.39 is 32.1 Å². The third-order valence-corrected chi connectivity index (χ3v) is 4.15. The summed E-state index contributed by atoms with van der Waals surface area (Å²) in [6.07, 6.45) is 3.35. The number of carbonyl (C=O) groups excluding carboxylic acids is 2. The SMILES string of the molecule is C[Si](C)(C)O[C@@H]1C(F)=CC[C@@H]2C(=O)C=CC(=O)[C@@H]21. The maximum absolute atomic E-state index is 13.9. The first-order chi connectivity index (χ1) is 8.29. The molecule has 0 spiro atoms. The molecule has 0 saturated carbocycles. The Bertz CT molecular complexity index is 448. The maximum Gasteiger partial charge on any atom is 0.184 e. The van der Waals surface area contributed by atoms with Gasteiger partial charge in [0.05, 0.1) is 5.92 Å². The van der Waals surface area contributed by atoms with E-state index in [2.05, 4.69) is 0 Å². The van der Waals surface area contributed by atoms with Gasteiger partial charge in [0.25, 0.3) is 0 Å². The number of allylic oxidation sites excluding steroid dienone is 3. The summed E-state index contributed by atoms with van der Waals surface area (Å²) in [7, 11) is -1.98. The van der Waals surface area contributed by atoms with Gasteiger partial charge in [-0.15, -0.1) is 0 Å². The molecule has 0 heterocycles. The molecular weight excluding hydrogens is 251 g/mol. The zero-order valence-corrected chi connectivity index (χ0v) is 11.8. The fourth-order valence-corrected chi connectivity index (χ4v) is 3.46. The molecule has 0 N–H and O–H groups in total. The zero-order valence-electron chi connectivity index (χ0n) is 10.8. The second-order valence-electron chi connectivity index (χ2n) is 5.75. The molecule has 0 unspecified atom stereocenters. The molecule has 0 saturated heterocycles. The summed E-state index contributed by atoms with van der Waals surface area (Å²) >= 11 is 0. The molecule has 3 nitrogen and oxygen atoms in total. The first-order valence-electron chi connectivity index (χ1n) is 6.09. The van der Waals surface area contributed by atoms with Crippen LogP contribution < -0.4 is 0 Å². The van der Waals surface area contributed by atoms with Gasteiger partial charge in [0, 0.05) is 5.92 Å². The minimum atomic E-state index is -1.98. The monoisotopic (exact) mass is 268 g/mol. The molecule has 3 atom stereocenters. The van der Waals surface area contributed by atoms with Gasteiger partial charge in [0.15, 0.2) is 19.9 Å². The van der Waals surface area contributed by atoms with E-state index in [9.17, 15) is 14.0 Å². The minimum Gasteiger partial charge on any atom is -0.408 e. The lowest BCUT2D eigenvalue weighted by molar-refractivity contribution is -0.132. The highest BCUT2D eigenvalue weighted by atomic mass is 28.4. The fraction of sp³-hybridized carbons (Fsp3) is 0.538. The largest absolute Gasteiger partial charge is 0.408 e. The molecule has 2 aliphatic rings. The Morgan fingerprint density at radius 1 is 1.22 bits per heavy atom. The smallest absolute Gasteiger partial charge is 0.184 e. The van der Waals surface area contributed by atoms with Gasteiger partial charge in [0.1, 0.15) is 11.9 Å². The molecule has 0 radical (unpaired) electrons. The van der Waals surface area contributed by atoms with Crippen molar-refractivity contribution >= 4 is 19.9 Å². The highest BCUT2D eigenvalue weighted by molar-refractivity contribution is 6.69. The molecule has 0 fully saturated rings. The van der Waals surface area contributed by atoms with Crippen LogP contribution in [-0.2, 0) is 14.0 Å². The van der Waals surface area contributed by atoms with Gasteiger partial charge in [-0.25, -0.2) is 4.39 Å². The quantitative estimate of drug-likeness (QED) is 0.722. The zero-order chi connectivity index (χ0) is 13.5. The summed E-state index contributed by atoms with van der Waals surface area (Å²) in [5.74, 6) is -1.85. The summed E-state index contributed by atoms with van der Waals surface area (Å²) in [5.41, 5.74) is 0. The van der Waals surface area contributed by atoms with E-state index in [1.807, 2.05) is 19.6 Å². The molecule has 0 amide bonds. The van der Waals surface area contributed by atoms with Gasteiger partial charge < -0.3 is 4.43 Å². The number of halogens is 1. The summed E-state index contributed by atoms with van der Waals surface area (Å²) in [4.78, 5) is 23.7. The van der Waals surface area contributed by atoms with Crippen LogP contribution >= 0.6 is 0 Å². The normalized spacial score (nSPS) is 32.2. The van der Waals surface area contributed by atoms with Crippen molar-refractivity contribution < 1.29 is 18.4 Å². The number of hydrogen-bond acceptors (Lipinski definition) is 3. The summed E-state index contributed by atoms with van der Waals surface area (Å²) in [6.45, 7) is 5.82. The van der Waals surface area contributed by atoms with Crippen molar-refractivity contribution in [3.05, 3.63) is 24.1 Å². The van der Waals surface area contributed by atoms with Crippen LogP contribution in [0.3, 0.4) is 0 Å². The molecule has 0 bridgehead atoms. The molecule has 2 rings (SSSR count). The van der Waals surface area contributed by atoms with Crippen LogP contribution in [0.5, 0.6) is 0 Å². The van der Waals surface area contributed by atoms with Gasteiger partial charge >= 0.3 is 0 Å². The summed E-state index contributed by atoms with van der Waals surface area (Å²) in [6, 6.07) is 0. The van der Waals surface area contributed by atoms with Crippen LogP contribution in [0.25, 0.3) is 0 Å². The molecule has 18 heavy (non-hydrogen) atoms. The summed E-state index contributed by atoms with van der Waals surface area (Å²) < 4.78 is 19.7. The predicted molar refractivity (Wildman–Crippen MR) is 68.2 cm³/mol. The fourth-order valence-electron chi connectivity index (χ4n) is 2.43. The van der Waals surface area contributed by atoms with E-state index in [0.29, 0.717) is 0 Å². The second kappa shape index (κ2) is 4.55. The molecule has 0 aromatic carbocycles. The van der Waals surface area contributed by atoms with E-state index in [4.69, 9.17) is 4.43 Å². The predicted octanol–water partition coefficient (Wildman–Crippen LogP) is 2.40. The number of hydrogen-bond donors (Lipinski definition) is 0. The van der Waals surface area contributed by atoms with Gasteiger partial charge in [-0.1, -0.05) is 0 Å². The highest BCUT2D eigenvalue weighted by Crippen LogP contribution is 2.37. The van der Waals surface area contributed by atoms with Crippen molar-refractivity contribution in [2.75, 3.05) is 0 Å². The number of fused-ring (bicyclic) bond motifs is 1. The molecule has 2 aliphatic carbocycles. The Morgan fingerprint density at radius 2 is 1.83 bits per heavy atom. The first-order valence-corrected chi connectivity index (χ1v) is 9.49. The maximum atomic E-state index is 13.9. The average molecular weight is 268 g/mol. The lowest BCUT2D eigenvalue weighted by Gasteiger charge is -2.37. The van der Waals surface area contributed by atoms with Crippen molar-refractivity contribution in [3.8, 4) is 0 Å². The Morgan fingerprint density at radius 3 is 2.44 bits per heavy atom. The molecule has 98 valence electrons. The van der Waals surface area contributed by atoms with E-state index in [1.54, 1.807) is 0 Å². The molecular formula is C13H17FO3Si. The lowest BCUT2D eigenvalue weighted by atomic mass is 9.73.